The fourth-order valence-electron chi connectivity index (χ4n) is 2.29. The predicted octanol–water partition coefficient (Wildman–Crippen LogP) is 1.21. The molecule has 0 aromatic heterocycles. The number of hydrogen-bond donors (Lipinski definition) is 2. The predicted molar refractivity (Wildman–Crippen MR) is 70.4 cm³/mol. The number of hydrogen-bond acceptors (Lipinski definition) is 4. The van der Waals surface area contributed by atoms with Crippen molar-refractivity contribution in [2.24, 2.45) is 5.92 Å². The smallest absolute Gasteiger partial charge is 0.407 e. The van der Waals surface area contributed by atoms with Crippen molar-refractivity contribution in [3.63, 3.8) is 0 Å². The third kappa shape index (κ3) is 5.23. The lowest BCUT2D eigenvalue weighted by molar-refractivity contribution is 0.0349. The molecule has 0 aromatic rings. The fraction of sp³-hybridized carbons (Fsp3) is 0.923. The van der Waals surface area contributed by atoms with Crippen LogP contribution in [0.4, 0.5) is 4.79 Å². The molecule has 3 atom stereocenters. The molecule has 0 radical (unpaired) electrons. The minimum atomic E-state index is -0.478. The Bertz CT molecular complexity index is 286. The van der Waals surface area contributed by atoms with Gasteiger partial charge in [-0.05, 0) is 47.1 Å². The van der Waals surface area contributed by atoms with Crippen LogP contribution in [0, 0.1) is 5.92 Å². The molecule has 0 aliphatic carbocycles. The molecule has 1 rings (SSSR count). The van der Waals surface area contributed by atoms with Gasteiger partial charge in [0.1, 0.15) is 5.60 Å². The van der Waals surface area contributed by atoms with Crippen molar-refractivity contribution in [2.45, 2.75) is 51.9 Å². The number of ether oxygens (including phenoxy) is 1. The summed E-state index contributed by atoms with van der Waals surface area (Å²) in [6, 6.07) is 0.0400. The van der Waals surface area contributed by atoms with E-state index in [0.717, 1.165) is 19.5 Å². The standard InChI is InChI=1S/C13H26N2O3/c1-9(16)10-6-11(8-15(5)7-10)14-12(17)18-13(2,3)4/h9-11,16H,6-8H2,1-5H3,(H,14,17). The van der Waals surface area contributed by atoms with Crippen molar-refractivity contribution in [3.8, 4) is 0 Å². The van der Waals surface area contributed by atoms with Gasteiger partial charge >= 0.3 is 6.09 Å². The average Bonchev–Trinajstić information content (AvgIpc) is 2.12. The summed E-state index contributed by atoms with van der Waals surface area (Å²) in [7, 11) is 2.00. The molecule has 5 nitrogen and oxygen atoms in total. The molecule has 1 aliphatic rings. The van der Waals surface area contributed by atoms with Gasteiger partial charge in [0, 0.05) is 19.1 Å². The first kappa shape index (κ1) is 15.2. The number of alkyl carbamates (subject to hydrolysis) is 1. The molecule has 0 saturated carbocycles. The van der Waals surface area contributed by atoms with Crippen molar-refractivity contribution in [1.29, 1.82) is 0 Å². The highest BCUT2D eigenvalue weighted by atomic mass is 16.6. The molecule has 0 spiro atoms. The van der Waals surface area contributed by atoms with Crippen LogP contribution < -0.4 is 5.32 Å². The van der Waals surface area contributed by atoms with Gasteiger partial charge in [-0.2, -0.15) is 0 Å². The van der Waals surface area contributed by atoms with Gasteiger partial charge in [0.15, 0.2) is 0 Å². The van der Waals surface area contributed by atoms with E-state index in [2.05, 4.69) is 10.2 Å². The Morgan fingerprint density at radius 3 is 2.56 bits per heavy atom. The third-order valence-corrected chi connectivity index (χ3v) is 3.07. The van der Waals surface area contributed by atoms with Gasteiger partial charge in [0.25, 0.3) is 0 Å². The highest BCUT2D eigenvalue weighted by Crippen LogP contribution is 2.19. The molecule has 1 heterocycles. The number of rotatable bonds is 2. The van der Waals surface area contributed by atoms with Crippen LogP contribution in [0.25, 0.3) is 0 Å². The number of carbonyl (C=O) groups is 1. The molecule has 3 unspecified atom stereocenters. The van der Waals surface area contributed by atoms with Gasteiger partial charge in [-0.3, -0.25) is 0 Å². The summed E-state index contributed by atoms with van der Waals surface area (Å²) in [4.78, 5) is 13.8. The number of nitrogens with zero attached hydrogens (tertiary/aromatic N) is 1. The van der Waals surface area contributed by atoms with E-state index in [-0.39, 0.29) is 24.2 Å². The lowest BCUT2D eigenvalue weighted by Crippen LogP contribution is -2.52. The van der Waals surface area contributed by atoms with Gasteiger partial charge < -0.3 is 20.1 Å². The largest absolute Gasteiger partial charge is 0.444 e. The zero-order valence-corrected chi connectivity index (χ0v) is 12.1. The van der Waals surface area contributed by atoms with Crippen LogP contribution in [0.15, 0.2) is 0 Å². The molecule has 1 fully saturated rings. The van der Waals surface area contributed by atoms with E-state index in [0.29, 0.717) is 0 Å². The number of piperidine rings is 1. The van der Waals surface area contributed by atoms with Crippen LogP contribution in [-0.4, -0.2) is 54.0 Å². The van der Waals surface area contributed by atoms with E-state index in [1.165, 1.54) is 0 Å². The summed E-state index contributed by atoms with van der Waals surface area (Å²) >= 11 is 0. The Balaban J connectivity index is 2.48. The van der Waals surface area contributed by atoms with Crippen LogP contribution in [0.1, 0.15) is 34.1 Å². The van der Waals surface area contributed by atoms with Crippen molar-refractivity contribution in [3.05, 3.63) is 0 Å². The number of likely N-dealkylation sites (N-methyl/N-ethyl adjacent to an activating group) is 1. The van der Waals surface area contributed by atoms with Gasteiger partial charge in [0.05, 0.1) is 6.10 Å². The highest BCUT2D eigenvalue weighted by Gasteiger charge is 2.30. The molecule has 1 amide bonds. The topological polar surface area (TPSA) is 61.8 Å². The number of amides is 1. The normalized spacial score (nSPS) is 27.7. The number of aliphatic hydroxyl groups is 1. The zero-order valence-electron chi connectivity index (χ0n) is 12.1. The molecule has 1 aliphatic heterocycles. The Kier molecular flexibility index (Phi) is 4.99. The lowest BCUT2D eigenvalue weighted by Gasteiger charge is -2.37. The van der Waals surface area contributed by atoms with Crippen LogP contribution in [0.2, 0.25) is 0 Å². The van der Waals surface area contributed by atoms with Crippen molar-refractivity contribution in [1.82, 2.24) is 10.2 Å². The van der Waals surface area contributed by atoms with Crippen molar-refractivity contribution >= 4 is 6.09 Å². The maximum atomic E-state index is 11.7. The van der Waals surface area contributed by atoms with Gasteiger partial charge in [-0.15, -0.1) is 0 Å². The average molecular weight is 258 g/mol. The van der Waals surface area contributed by atoms with Gasteiger partial charge in [0.2, 0.25) is 0 Å². The SMILES string of the molecule is CC(O)C1CC(NC(=O)OC(C)(C)C)CN(C)C1. The molecule has 18 heavy (non-hydrogen) atoms. The van der Waals surface area contributed by atoms with E-state index < -0.39 is 5.60 Å². The molecule has 2 N–H and O–H groups in total. The summed E-state index contributed by atoms with van der Waals surface area (Å²) < 4.78 is 5.24. The number of aliphatic hydroxyl groups excluding tert-OH is 1. The van der Waals surface area contributed by atoms with E-state index in [1.807, 2.05) is 27.8 Å². The quantitative estimate of drug-likeness (QED) is 0.781. The fourth-order valence-corrected chi connectivity index (χ4v) is 2.29. The lowest BCUT2D eigenvalue weighted by atomic mass is 9.90. The first-order valence-electron chi connectivity index (χ1n) is 6.53. The second-order valence-electron chi connectivity index (χ2n) is 6.30. The van der Waals surface area contributed by atoms with Gasteiger partial charge in [-0.1, -0.05) is 0 Å². The second kappa shape index (κ2) is 5.89. The van der Waals surface area contributed by atoms with Crippen LogP contribution in [0.3, 0.4) is 0 Å². The minimum Gasteiger partial charge on any atom is -0.444 e. The van der Waals surface area contributed by atoms with Crippen molar-refractivity contribution < 1.29 is 14.6 Å². The minimum absolute atomic E-state index is 0.0400. The van der Waals surface area contributed by atoms with E-state index in [9.17, 15) is 9.90 Å². The van der Waals surface area contributed by atoms with E-state index in [1.54, 1.807) is 6.92 Å². The summed E-state index contributed by atoms with van der Waals surface area (Å²) in [6.07, 6.45) is 0.0594. The molecule has 1 saturated heterocycles. The first-order valence-corrected chi connectivity index (χ1v) is 6.53. The molecule has 0 bridgehead atoms. The first-order chi connectivity index (χ1) is 8.17. The second-order valence-corrected chi connectivity index (χ2v) is 6.30. The molecular weight excluding hydrogens is 232 g/mol. The summed E-state index contributed by atoms with van der Waals surface area (Å²) in [5.74, 6) is 0.198. The van der Waals surface area contributed by atoms with Crippen molar-refractivity contribution in [2.75, 3.05) is 20.1 Å². The maximum Gasteiger partial charge on any atom is 0.407 e. The Morgan fingerprint density at radius 1 is 1.44 bits per heavy atom. The summed E-state index contributed by atoms with van der Waals surface area (Å²) in [6.45, 7) is 9.00. The monoisotopic (exact) mass is 258 g/mol. The Morgan fingerprint density at radius 2 is 2.06 bits per heavy atom. The Hall–Kier alpha value is -0.810. The molecule has 106 valence electrons. The number of nitrogens with one attached hydrogen (secondary N) is 1. The Labute approximate surface area is 109 Å². The molecular formula is C13H26N2O3. The van der Waals surface area contributed by atoms with E-state index in [4.69, 9.17) is 4.74 Å². The number of carbonyl (C=O) groups excluding carboxylic acids is 1. The zero-order chi connectivity index (χ0) is 13.9. The highest BCUT2D eigenvalue weighted by molar-refractivity contribution is 5.68. The summed E-state index contributed by atoms with van der Waals surface area (Å²) in [5, 5.41) is 12.5. The number of likely N-dealkylation sites (tertiary alicyclic amines) is 1. The van der Waals surface area contributed by atoms with Crippen LogP contribution in [0.5, 0.6) is 0 Å². The van der Waals surface area contributed by atoms with Gasteiger partial charge in [-0.25, -0.2) is 4.79 Å². The molecule has 0 aromatic carbocycles. The van der Waals surface area contributed by atoms with Crippen LogP contribution in [-0.2, 0) is 4.74 Å². The summed E-state index contributed by atoms with van der Waals surface area (Å²) in [5.41, 5.74) is -0.478. The van der Waals surface area contributed by atoms with Crippen LogP contribution >= 0.6 is 0 Å². The third-order valence-electron chi connectivity index (χ3n) is 3.07. The molecule has 5 heteroatoms. The maximum absolute atomic E-state index is 11.7. The van der Waals surface area contributed by atoms with E-state index >= 15 is 0 Å².